The van der Waals surface area contributed by atoms with Crippen LogP contribution in [0.2, 0.25) is 0 Å². The maximum absolute atomic E-state index is 14.1. The van der Waals surface area contributed by atoms with Crippen molar-refractivity contribution < 1.29 is 22.0 Å². The number of rotatable bonds is 1. The number of para-hydroxylation sites is 1. The lowest BCUT2D eigenvalue weighted by atomic mass is 10.1. The van der Waals surface area contributed by atoms with Gasteiger partial charge in [-0.25, -0.2) is 4.39 Å². The summed E-state index contributed by atoms with van der Waals surface area (Å²) in [6, 6.07) is 5.40. The Hall–Kier alpha value is -2.11. The highest BCUT2D eigenvalue weighted by Gasteiger charge is 2.69. The van der Waals surface area contributed by atoms with E-state index in [1.54, 1.807) is 6.07 Å². The van der Waals surface area contributed by atoms with Gasteiger partial charge in [0.25, 0.3) is 0 Å². The van der Waals surface area contributed by atoms with Crippen molar-refractivity contribution in [1.82, 2.24) is 0 Å². The molecule has 3 rings (SSSR count). The van der Waals surface area contributed by atoms with E-state index < -0.39 is 29.0 Å². The van der Waals surface area contributed by atoms with Gasteiger partial charge in [0.1, 0.15) is 5.82 Å². The lowest BCUT2D eigenvalue weighted by Gasteiger charge is -2.28. The SMILES string of the molecule is Fc1cccc2c1C(F)(F)C(F)(F)N2c1ccccc1. The van der Waals surface area contributed by atoms with E-state index in [9.17, 15) is 22.0 Å². The number of halogens is 5. The van der Waals surface area contributed by atoms with E-state index in [2.05, 4.69) is 0 Å². The molecule has 0 bridgehead atoms. The maximum Gasteiger partial charge on any atom is 0.397 e. The number of anilines is 2. The summed E-state index contributed by atoms with van der Waals surface area (Å²) in [5, 5.41) is 0. The van der Waals surface area contributed by atoms with E-state index in [0.29, 0.717) is 0 Å². The molecule has 1 aliphatic heterocycles. The van der Waals surface area contributed by atoms with Crippen LogP contribution in [0.25, 0.3) is 0 Å². The second kappa shape index (κ2) is 3.94. The number of fused-ring (bicyclic) bond motifs is 1. The average molecular weight is 285 g/mol. The van der Waals surface area contributed by atoms with Crippen LogP contribution in [0.1, 0.15) is 5.56 Å². The summed E-state index contributed by atoms with van der Waals surface area (Å²) in [5.41, 5.74) is -1.92. The highest BCUT2D eigenvalue weighted by atomic mass is 19.3. The van der Waals surface area contributed by atoms with Crippen molar-refractivity contribution in [2.75, 3.05) is 4.90 Å². The number of hydrogen-bond donors (Lipinski definition) is 0. The van der Waals surface area contributed by atoms with Crippen molar-refractivity contribution in [2.24, 2.45) is 0 Å². The molecule has 0 saturated carbocycles. The first-order chi connectivity index (χ1) is 9.37. The first kappa shape index (κ1) is 12.9. The molecule has 0 radical (unpaired) electrons. The summed E-state index contributed by atoms with van der Waals surface area (Å²) in [6.45, 7) is 0. The van der Waals surface area contributed by atoms with Crippen molar-refractivity contribution in [3.63, 3.8) is 0 Å². The minimum absolute atomic E-state index is 0.124. The standard InChI is InChI=1S/C14H8F5N/c15-10-7-4-8-11-12(10)13(16,17)14(18,19)20(11)9-5-2-1-3-6-9/h1-8H. The summed E-state index contributed by atoms with van der Waals surface area (Å²) in [7, 11) is 0. The molecule has 0 fully saturated rings. The van der Waals surface area contributed by atoms with Crippen LogP contribution >= 0.6 is 0 Å². The Labute approximate surface area is 111 Å². The fourth-order valence-electron chi connectivity index (χ4n) is 2.33. The summed E-state index contributed by atoms with van der Waals surface area (Å²) in [6.07, 6.45) is 0. The third-order valence-electron chi connectivity index (χ3n) is 3.22. The zero-order valence-electron chi connectivity index (χ0n) is 9.96. The van der Waals surface area contributed by atoms with Crippen molar-refractivity contribution in [3.8, 4) is 0 Å². The van der Waals surface area contributed by atoms with Gasteiger partial charge < -0.3 is 0 Å². The number of benzene rings is 2. The minimum Gasteiger partial charge on any atom is -0.276 e. The Balaban J connectivity index is 2.30. The third kappa shape index (κ3) is 1.47. The fourth-order valence-corrected chi connectivity index (χ4v) is 2.33. The van der Waals surface area contributed by atoms with E-state index >= 15 is 0 Å². The summed E-state index contributed by atoms with van der Waals surface area (Å²) >= 11 is 0. The molecule has 104 valence electrons. The largest absolute Gasteiger partial charge is 0.397 e. The number of nitrogens with zero attached hydrogens (tertiary/aromatic N) is 1. The molecule has 6 heteroatoms. The van der Waals surface area contributed by atoms with Gasteiger partial charge in [-0.05, 0) is 24.3 Å². The van der Waals surface area contributed by atoms with Gasteiger partial charge in [-0.1, -0.05) is 24.3 Å². The van der Waals surface area contributed by atoms with Gasteiger partial charge in [0, 0.05) is 5.69 Å². The number of hydrogen-bond acceptors (Lipinski definition) is 1. The predicted molar refractivity (Wildman–Crippen MR) is 63.8 cm³/mol. The molecule has 1 heterocycles. The summed E-state index contributed by atoms with van der Waals surface area (Å²) in [5.74, 6) is -5.94. The van der Waals surface area contributed by atoms with Gasteiger partial charge >= 0.3 is 12.0 Å². The molecule has 0 amide bonds. The van der Waals surface area contributed by atoms with E-state index in [-0.39, 0.29) is 10.6 Å². The van der Waals surface area contributed by atoms with E-state index in [1.165, 1.54) is 24.3 Å². The second-order valence-corrected chi connectivity index (χ2v) is 4.42. The molecular formula is C14H8F5N. The Kier molecular flexibility index (Phi) is 2.54. The Morgan fingerprint density at radius 3 is 2.10 bits per heavy atom. The highest BCUT2D eigenvalue weighted by Crippen LogP contribution is 2.58. The van der Waals surface area contributed by atoms with Crippen LogP contribution in [-0.4, -0.2) is 6.05 Å². The topological polar surface area (TPSA) is 3.24 Å². The Bertz CT molecular complexity index is 654. The van der Waals surface area contributed by atoms with Crippen LogP contribution in [0, 0.1) is 5.82 Å². The molecular weight excluding hydrogens is 277 g/mol. The highest BCUT2D eigenvalue weighted by molar-refractivity contribution is 5.73. The molecule has 2 aromatic carbocycles. The van der Waals surface area contributed by atoms with Crippen LogP contribution in [0.5, 0.6) is 0 Å². The van der Waals surface area contributed by atoms with Gasteiger partial charge in [0.05, 0.1) is 11.3 Å². The van der Waals surface area contributed by atoms with Crippen molar-refractivity contribution >= 4 is 11.4 Å². The fraction of sp³-hybridized carbons (Fsp3) is 0.143. The molecule has 2 aromatic rings. The zero-order chi connectivity index (χ0) is 14.5. The van der Waals surface area contributed by atoms with E-state index in [0.717, 1.165) is 18.2 Å². The molecule has 0 atom stereocenters. The molecule has 1 nitrogen and oxygen atoms in total. The maximum atomic E-state index is 14.1. The molecule has 0 N–H and O–H groups in total. The summed E-state index contributed by atoms with van der Waals surface area (Å²) in [4.78, 5) is 0.172. The van der Waals surface area contributed by atoms with Crippen LogP contribution in [-0.2, 0) is 5.92 Å². The predicted octanol–water partition coefficient (Wildman–Crippen LogP) is 4.66. The average Bonchev–Trinajstić information content (AvgIpc) is 2.55. The first-order valence-electron chi connectivity index (χ1n) is 5.77. The Morgan fingerprint density at radius 1 is 0.800 bits per heavy atom. The summed E-state index contributed by atoms with van der Waals surface area (Å²) < 4.78 is 69.4. The number of alkyl halides is 4. The lowest BCUT2D eigenvalue weighted by molar-refractivity contribution is -0.201. The van der Waals surface area contributed by atoms with Gasteiger partial charge in [-0.15, -0.1) is 0 Å². The van der Waals surface area contributed by atoms with Crippen LogP contribution in [0.4, 0.5) is 33.3 Å². The van der Waals surface area contributed by atoms with Crippen LogP contribution in [0.15, 0.2) is 48.5 Å². The minimum atomic E-state index is -4.59. The normalized spacial score (nSPS) is 18.9. The molecule has 0 saturated heterocycles. The lowest BCUT2D eigenvalue weighted by Crippen LogP contribution is -2.44. The van der Waals surface area contributed by atoms with Crippen molar-refractivity contribution in [2.45, 2.75) is 12.0 Å². The second-order valence-electron chi connectivity index (χ2n) is 4.42. The third-order valence-corrected chi connectivity index (χ3v) is 3.22. The smallest absolute Gasteiger partial charge is 0.276 e. The van der Waals surface area contributed by atoms with Gasteiger partial charge in [-0.2, -0.15) is 17.6 Å². The molecule has 0 aromatic heterocycles. The zero-order valence-corrected chi connectivity index (χ0v) is 9.96. The molecule has 1 aliphatic rings. The van der Waals surface area contributed by atoms with Gasteiger partial charge in [0.15, 0.2) is 0 Å². The van der Waals surface area contributed by atoms with E-state index in [4.69, 9.17) is 0 Å². The quantitative estimate of drug-likeness (QED) is 0.544. The van der Waals surface area contributed by atoms with Crippen LogP contribution < -0.4 is 4.90 Å². The monoisotopic (exact) mass is 285 g/mol. The van der Waals surface area contributed by atoms with Crippen molar-refractivity contribution in [1.29, 1.82) is 0 Å². The Morgan fingerprint density at radius 2 is 1.45 bits per heavy atom. The van der Waals surface area contributed by atoms with Gasteiger partial charge in [0.2, 0.25) is 0 Å². The van der Waals surface area contributed by atoms with Gasteiger partial charge in [-0.3, -0.25) is 4.90 Å². The molecule has 0 unspecified atom stereocenters. The molecule has 20 heavy (non-hydrogen) atoms. The van der Waals surface area contributed by atoms with Crippen LogP contribution in [0.3, 0.4) is 0 Å². The van der Waals surface area contributed by atoms with Crippen molar-refractivity contribution in [3.05, 3.63) is 59.9 Å². The molecule has 0 aliphatic carbocycles. The first-order valence-corrected chi connectivity index (χ1v) is 5.77. The molecule has 0 spiro atoms. The van der Waals surface area contributed by atoms with E-state index in [1.807, 2.05) is 0 Å².